The van der Waals surface area contributed by atoms with E-state index < -0.39 is 0 Å². The number of hydrogen-bond acceptors (Lipinski definition) is 2. The lowest BCUT2D eigenvalue weighted by atomic mass is 9.99. The molecule has 0 aromatic carbocycles. The largest absolute Gasteiger partial charge is 0.311 e. The average Bonchev–Trinajstić information content (AvgIpc) is 2.78. The highest BCUT2D eigenvalue weighted by molar-refractivity contribution is 5.07. The van der Waals surface area contributed by atoms with Crippen molar-refractivity contribution >= 4 is 0 Å². The van der Waals surface area contributed by atoms with E-state index in [9.17, 15) is 0 Å². The molecule has 0 spiro atoms. The van der Waals surface area contributed by atoms with E-state index in [4.69, 9.17) is 0 Å². The third-order valence-electron chi connectivity index (χ3n) is 4.23. The van der Waals surface area contributed by atoms with Crippen LogP contribution in [0.2, 0.25) is 0 Å². The van der Waals surface area contributed by atoms with Gasteiger partial charge in [-0.1, -0.05) is 13.8 Å². The van der Waals surface area contributed by atoms with Crippen molar-refractivity contribution in [3.63, 3.8) is 0 Å². The normalized spacial score (nSPS) is 49.2. The fourth-order valence-corrected chi connectivity index (χ4v) is 3.19. The molecule has 74 valence electrons. The van der Waals surface area contributed by atoms with E-state index in [-0.39, 0.29) is 0 Å². The van der Waals surface area contributed by atoms with Crippen molar-refractivity contribution in [3.8, 4) is 0 Å². The summed E-state index contributed by atoms with van der Waals surface area (Å²) in [6.45, 7) is 8.61. The van der Waals surface area contributed by atoms with Crippen molar-refractivity contribution in [1.82, 2.24) is 10.2 Å². The first-order valence-corrected chi connectivity index (χ1v) is 5.73. The van der Waals surface area contributed by atoms with Crippen LogP contribution in [0.5, 0.6) is 0 Å². The summed E-state index contributed by atoms with van der Waals surface area (Å²) in [6, 6.07) is 1.65. The zero-order valence-electron chi connectivity index (χ0n) is 8.66. The van der Waals surface area contributed by atoms with Gasteiger partial charge in [0.25, 0.3) is 0 Å². The number of piperidine rings is 1. The summed E-state index contributed by atoms with van der Waals surface area (Å²) in [5, 5.41) is 3.71. The molecule has 13 heavy (non-hydrogen) atoms. The smallest absolute Gasteiger partial charge is 0.0252 e. The minimum atomic E-state index is 0.744. The molecule has 4 atom stereocenters. The Kier molecular flexibility index (Phi) is 1.72. The summed E-state index contributed by atoms with van der Waals surface area (Å²) in [5.74, 6) is 2.94. The molecule has 3 rings (SSSR count). The lowest BCUT2D eigenvalue weighted by Crippen LogP contribution is -2.57. The Bertz CT molecular complexity index is 214. The summed E-state index contributed by atoms with van der Waals surface area (Å²) in [4.78, 5) is 2.74. The van der Waals surface area contributed by atoms with Gasteiger partial charge in [0.05, 0.1) is 0 Å². The standard InChI is InChI=1S/C11H20N2/c1-7(2)10-6-13-5-8-3-9(8)11(13)4-12-10/h7-12H,3-6H2,1-2H3. The molecule has 0 bridgehead atoms. The van der Waals surface area contributed by atoms with Crippen LogP contribution in [-0.4, -0.2) is 36.6 Å². The molecule has 2 nitrogen and oxygen atoms in total. The fraction of sp³-hybridized carbons (Fsp3) is 1.00. The van der Waals surface area contributed by atoms with Crippen molar-refractivity contribution in [2.24, 2.45) is 17.8 Å². The number of hydrogen-bond donors (Lipinski definition) is 1. The van der Waals surface area contributed by atoms with Crippen molar-refractivity contribution < 1.29 is 0 Å². The van der Waals surface area contributed by atoms with Crippen LogP contribution >= 0.6 is 0 Å². The second-order valence-corrected chi connectivity index (χ2v) is 5.44. The predicted molar refractivity (Wildman–Crippen MR) is 53.6 cm³/mol. The minimum absolute atomic E-state index is 0.744. The van der Waals surface area contributed by atoms with Gasteiger partial charge in [-0.2, -0.15) is 0 Å². The summed E-state index contributed by atoms with van der Waals surface area (Å²) in [7, 11) is 0. The minimum Gasteiger partial charge on any atom is -0.311 e. The van der Waals surface area contributed by atoms with Gasteiger partial charge in [0.15, 0.2) is 0 Å². The molecule has 1 saturated carbocycles. The Morgan fingerprint density at radius 3 is 2.92 bits per heavy atom. The summed E-state index contributed by atoms with van der Waals surface area (Å²) < 4.78 is 0. The van der Waals surface area contributed by atoms with Gasteiger partial charge >= 0.3 is 0 Å². The highest BCUT2D eigenvalue weighted by Crippen LogP contribution is 2.50. The molecule has 0 aromatic heterocycles. The van der Waals surface area contributed by atoms with Crippen LogP contribution in [0.25, 0.3) is 0 Å². The Morgan fingerprint density at radius 1 is 1.31 bits per heavy atom. The van der Waals surface area contributed by atoms with Gasteiger partial charge in [0.2, 0.25) is 0 Å². The maximum absolute atomic E-state index is 3.71. The number of nitrogens with one attached hydrogen (secondary N) is 1. The third kappa shape index (κ3) is 1.23. The third-order valence-corrected chi connectivity index (χ3v) is 4.23. The molecule has 3 aliphatic rings. The van der Waals surface area contributed by atoms with Crippen LogP contribution < -0.4 is 5.32 Å². The summed E-state index contributed by atoms with van der Waals surface area (Å²) >= 11 is 0. The van der Waals surface area contributed by atoms with Crippen LogP contribution in [0, 0.1) is 17.8 Å². The van der Waals surface area contributed by atoms with Crippen LogP contribution in [0.15, 0.2) is 0 Å². The molecule has 2 saturated heterocycles. The first-order chi connectivity index (χ1) is 6.25. The highest BCUT2D eigenvalue weighted by Gasteiger charge is 2.53. The lowest BCUT2D eigenvalue weighted by Gasteiger charge is -2.39. The second-order valence-electron chi connectivity index (χ2n) is 5.44. The Balaban J connectivity index is 1.67. The van der Waals surface area contributed by atoms with Crippen molar-refractivity contribution in [2.45, 2.75) is 32.4 Å². The number of rotatable bonds is 1. The molecule has 0 radical (unpaired) electrons. The Labute approximate surface area is 80.7 Å². The van der Waals surface area contributed by atoms with E-state index in [0.29, 0.717) is 0 Å². The predicted octanol–water partition coefficient (Wildman–Crippen LogP) is 0.934. The second kappa shape index (κ2) is 2.71. The lowest BCUT2D eigenvalue weighted by molar-refractivity contribution is 0.130. The molecule has 0 aromatic rings. The molecule has 3 fully saturated rings. The SMILES string of the molecule is CC(C)C1CN2CC3CC3C2CN1. The fourth-order valence-electron chi connectivity index (χ4n) is 3.19. The maximum Gasteiger partial charge on any atom is 0.0252 e. The van der Waals surface area contributed by atoms with E-state index in [1.54, 1.807) is 0 Å². The molecule has 4 unspecified atom stereocenters. The Hall–Kier alpha value is -0.0800. The molecule has 1 aliphatic carbocycles. The molecular weight excluding hydrogens is 160 g/mol. The molecular formula is C11H20N2. The number of fused-ring (bicyclic) bond motifs is 3. The molecule has 2 aliphatic heterocycles. The van der Waals surface area contributed by atoms with Gasteiger partial charge in [-0.05, 0) is 24.2 Å². The molecule has 0 amide bonds. The van der Waals surface area contributed by atoms with E-state index in [0.717, 1.165) is 29.8 Å². The van der Waals surface area contributed by atoms with Gasteiger partial charge in [0.1, 0.15) is 0 Å². The van der Waals surface area contributed by atoms with Gasteiger partial charge in [0, 0.05) is 31.7 Å². The van der Waals surface area contributed by atoms with Crippen LogP contribution in [-0.2, 0) is 0 Å². The van der Waals surface area contributed by atoms with Crippen LogP contribution in [0.4, 0.5) is 0 Å². The average molecular weight is 180 g/mol. The van der Waals surface area contributed by atoms with Gasteiger partial charge in [-0.25, -0.2) is 0 Å². The first-order valence-electron chi connectivity index (χ1n) is 5.73. The van der Waals surface area contributed by atoms with E-state index in [2.05, 4.69) is 24.1 Å². The highest BCUT2D eigenvalue weighted by atomic mass is 15.3. The van der Waals surface area contributed by atoms with E-state index in [1.165, 1.54) is 26.1 Å². The van der Waals surface area contributed by atoms with Crippen molar-refractivity contribution in [1.29, 1.82) is 0 Å². The molecule has 1 N–H and O–H groups in total. The zero-order valence-corrected chi connectivity index (χ0v) is 8.66. The molecule has 2 heteroatoms. The Morgan fingerprint density at radius 2 is 2.15 bits per heavy atom. The topological polar surface area (TPSA) is 15.3 Å². The van der Waals surface area contributed by atoms with Crippen LogP contribution in [0.3, 0.4) is 0 Å². The van der Waals surface area contributed by atoms with Gasteiger partial charge < -0.3 is 5.32 Å². The van der Waals surface area contributed by atoms with Gasteiger partial charge in [-0.15, -0.1) is 0 Å². The first kappa shape index (κ1) is 8.25. The van der Waals surface area contributed by atoms with Crippen molar-refractivity contribution in [3.05, 3.63) is 0 Å². The monoisotopic (exact) mass is 180 g/mol. The number of nitrogens with zero attached hydrogens (tertiary/aromatic N) is 1. The molecule has 2 heterocycles. The maximum atomic E-state index is 3.71. The van der Waals surface area contributed by atoms with Crippen molar-refractivity contribution in [2.75, 3.05) is 19.6 Å². The summed E-state index contributed by atoms with van der Waals surface area (Å²) in [5.41, 5.74) is 0. The number of piperazine rings is 1. The van der Waals surface area contributed by atoms with Crippen LogP contribution in [0.1, 0.15) is 20.3 Å². The quantitative estimate of drug-likeness (QED) is 0.646. The zero-order chi connectivity index (χ0) is 9.00. The van der Waals surface area contributed by atoms with E-state index >= 15 is 0 Å². The van der Waals surface area contributed by atoms with Gasteiger partial charge in [-0.3, -0.25) is 4.90 Å². The van der Waals surface area contributed by atoms with E-state index in [1.807, 2.05) is 0 Å². The summed E-state index contributed by atoms with van der Waals surface area (Å²) in [6.07, 6.45) is 1.52.